The van der Waals surface area contributed by atoms with Crippen LogP contribution in [0.4, 0.5) is 0 Å². The first-order valence-electron chi connectivity index (χ1n) is 11.0. The van der Waals surface area contributed by atoms with Gasteiger partial charge in [0.25, 0.3) is 0 Å². The van der Waals surface area contributed by atoms with Crippen molar-refractivity contribution in [2.24, 2.45) is 0 Å². The molecule has 2 N–H and O–H groups in total. The molecule has 34 heavy (non-hydrogen) atoms. The largest absolute Gasteiger partial charge is 0.508 e. The molecule has 0 atom stereocenters. The first-order valence-corrected chi connectivity index (χ1v) is 11.0. The minimum atomic E-state index is -1.17. The van der Waals surface area contributed by atoms with Crippen LogP contribution in [0, 0.1) is 0 Å². The minimum Gasteiger partial charge on any atom is -0.508 e. The summed E-state index contributed by atoms with van der Waals surface area (Å²) >= 11 is 0. The Morgan fingerprint density at radius 1 is 0.647 bits per heavy atom. The van der Waals surface area contributed by atoms with Crippen LogP contribution in [0.5, 0.6) is 11.6 Å². The highest BCUT2D eigenvalue weighted by Crippen LogP contribution is 2.43. The zero-order valence-electron chi connectivity index (χ0n) is 18.3. The van der Waals surface area contributed by atoms with Gasteiger partial charge in [-0.3, -0.25) is 0 Å². The van der Waals surface area contributed by atoms with Crippen molar-refractivity contribution >= 4 is 0 Å². The number of rotatable bonds is 6. The van der Waals surface area contributed by atoms with Gasteiger partial charge in [0.1, 0.15) is 11.3 Å². The lowest BCUT2D eigenvalue weighted by molar-refractivity contribution is 0.365. The van der Waals surface area contributed by atoms with Crippen LogP contribution in [0.25, 0.3) is 0 Å². The molecule has 5 nitrogen and oxygen atoms in total. The number of aromatic nitrogens is 1. The first-order chi connectivity index (χ1) is 16.6. The fourth-order valence-electron chi connectivity index (χ4n) is 4.54. The predicted octanol–water partition coefficient (Wildman–Crippen LogP) is 5.28. The highest BCUT2D eigenvalue weighted by atomic mass is 16.4. The zero-order chi connectivity index (χ0) is 23.5. The van der Waals surface area contributed by atoms with Crippen molar-refractivity contribution in [1.82, 2.24) is 4.57 Å². The van der Waals surface area contributed by atoms with Crippen LogP contribution in [0.15, 0.2) is 124 Å². The van der Waals surface area contributed by atoms with Crippen molar-refractivity contribution in [2.75, 3.05) is 0 Å². The van der Waals surface area contributed by atoms with E-state index in [9.17, 15) is 15.0 Å². The molecule has 4 aromatic carbocycles. The molecule has 1 aromatic heterocycles. The van der Waals surface area contributed by atoms with Gasteiger partial charge < -0.3 is 14.6 Å². The molecular weight excluding hydrogens is 426 g/mol. The predicted molar refractivity (Wildman–Crippen MR) is 130 cm³/mol. The van der Waals surface area contributed by atoms with Crippen LogP contribution >= 0.6 is 0 Å². The van der Waals surface area contributed by atoms with Crippen LogP contribution in [0.1, 0.15) is 28.0 Å². The Balaban J connectivity index is 1.81. The van der Waals surface area contributed by atoms with E-state index in [0.29, 0.717) is 0 Å². The minimum absolute atomic E-state index is 0.142. The van der Waals surface area contributed by atoms with Crippen molar-refractivity contribution in [3.8, 4) is 11.6 Å². The summed E-state index contributed by atoms with van der Waals surface area (Å²) < 4.78 is 6.98. The number of hydrogen-bond donors (Lipinski definition) is 2. The normalized spacial score (nSPS) is 11.4. The molecule has 0 saturated carbocycles. The van der Waals surface area contributed by atoms with E-state index >= 15 is 0 Å². The van der Waals surface area contributed by atoms with E-state index in [1.165, 1.54) is 4.57 Å². The molecule has 1 heterocycles. The van der Waals surface area contributed by atoms with Crippen LogP contribution < -0.4 is 5.76 Å². The Hall–Kier alpha value is -4.51. The Morgan fingerprint density at radius 3 is 1.53 bits per heavy atom. The van der Waals surface area contributed by atoms with E-state index in [1.54, 1.807) is 24.3 Å². The molecule has 5 heteroatoms. The molecule has 0 bridgehead atoms. The smallest absolute Gasteiger partial charge is 0.423 e. The van der Waals surface area contributed by atoms with E-state index in [1.807, 2.05) is 91.0 Å². The van der Waals surface area contributed by atoms with Gasteiger partial charge in [0.05, 0.1) is 0 Å². The third-order valence-corrected chi connectivity index (χ3v) is 6.07. The third-order valence-electron chi connectivity index (χ3n) is 6.07. The monoisotopic (exact) mass is 449 g/mol. The average molecular weight is 450 g/mol. The summed E-state index contributed by atoms with van der Waals surface area (Å²) in [4.78, 5) is 13.5. The van der Waals surface area contributed by atoms with Gasteiger partial charge in [-0.25, -0.2) is 9.36 Å². The molecule has 5 rings (SSSR count). The number of aromatic hydroxyl groups is 2. The third kappa shape index (κ3) is 3.57. The lowest BCUT2D eigenvalue weighted by Crippen LogP contribution is -2.42. The molecule has 0 saturated heterocycles. The second kappa shape index (κ2) is 8.79. The van der Waals surface area contributed by atoms with Gasteiger partial charge >= 0.3 is 5.76 Å². The zero-order valence-corrected chi connectivity index (χ0v) is 18.3. The molecule has 0 aliphatic carbocycles. The summed E-state index contributed by atoms with van der Waals surface area (Å²) in [6.07, 6.45) is 0.197. The summed E-state index contributed by atoms with van der Waals surface area (Å²) in [5.41, 5.74) is 2.05. The van der Waals surface area contributed by atoms with E-state index in [-0.39, 0.29) is 23.8 Å². The maximum atomic E-state index is 13.5. The van der Waals surface area contributed by atoms with Gasteiger partial charge in [-0.2, -0.15) is 0 Å². The molecule has 0 aliphatic heterocycles. The number of phenols is 1. The molecule has 0 unspecified atom stereocenters. The van der Waals surface area contributed by atoms with Crippen LogP contribution in [-0.2, 0) is 12.0 Å². The van der Waals surface area contributed by atoms with Gasteiger partial charge in [-0.1, -0.05) is 103 Å². The molecule has 5 aromatic rings. The van der Waals surface area contributed by atoms with Crippen molar-refractivity contribution in [3.05, 3.63) is 154 Å². The lowest BCUT2D eigenvalue weighted by atomic mass is 9.76. The molecule has 0 spiro atoms. The Bertz CT molecular complexity index is 1340. The fraction of sp³-hybridized carbons (Fsp3) is 0.0690. The van der Waals surface area contributed by atoms with Gasteiger partial charge in [-0.15, -0.1) is 0 Å². The van der Waals surface area contributed by atoms with E-state index < -0.39 is 11.3 Å². The van der Waals surface area contributed by atoms with Crippen molar-refractivity contribution < 1.29 is 14.6 Å². The van der Waals surface area contributed by atoms with Gasteiger partial charge in [0, 0.05) is 6.42 Å². The van der Waals surface area contributed by atoms with Crippen molar-refractivity contribution in [1.29, 1.82) is 0 Å². The molecule has 0 aliphatic rings. The topological polar surface area (TPSA) is 75.6 Å². The van der Waals surface area contributed by atoms with Crippen molar-refractivity contribution in [2.45, 2.75) is 12.0 Å². The van der Waals surface area contributed by atoms with Gasteiger partial charge in [0.15, 0.2) is 5.76 Å². The summed E-state index contributed by atoms with van der Waals surface area (Å²) in [7, 11) is 0. The number of benzene rings is 4. The second-order valence-electron chi connectivity index (χ2n) is 8.10. The summed E-state index contributed by atoms with van der Waals surface area (Å²) in [5, 5.41) is 21.0. The summed E-state index contributed by atoms with van der Waals surface area (Å²) in [5.74, 6) is -0.608. The Labute approximate surface area is 196 Å². The lowest BCUT2D eigenvalue weighted by Gasteiger charge is -2.36. The SMILES string of the molecule is O=c1oc(Cc2ccc(O)cc2)c(O)n1C(c1ccccc1)(c1ccccc1)c1ccccc1. The highest BCUT2D eigenvalue weighted by Gasteiger charge is 2.43. The molecule has 0 amide bonds. The van der Waals surface area contributed by atoms with E-state index in [4.69, 9.17) is 4.42 Å². The molecule has 0 fully saturated rings. The molecule has 168 valence electrons. The number of oxazole rings is 1. The quantitative estimate of drug-likeness (QED) is 0.346. The van der Waals surface area contributed by atoms with Gasteiger partial charge in [0.2, 0.25) is 5.88 Å². The summed E-state index contributed by atoms with van der Waals surface area (Å²) in [6, 6.07) is 35.4. The summed E-state index contributed by atoms with van der Waals surface area (Å²) in [6.45, 7) is 0. The fourth-order valence-corrected chi connectivity index (χ4v) is 4.54. The Morgan fingerprint density at radius 2 is 1.09 bits per heavy atom. The number of nitrogens with zero attached hydrogens (tertiary/aromatic N) is 1. The maximum absolute atomic E-state index is 13.5. The van der Waals surface area contributed by atoms with Crippen molar-refractivity contribution in [3.63, 3.8) is 0 Å². The highest BCUT2D eigenvalue weighted by molar-refractivity contribution is 5.52. The first kappa shape index (κ1) is 21.3. The maximum Gasteiger partial charge on any atom is 0.423 e. The number of hydrogen-bond acceptors (Lipinski definition) is 4. The van der Waals surface area contributed by atoms with Crippen LogP contribution in [0.3, 0.4) is 0 Å². The molecule has 0 radical (unpaired) electrons. The van der Waals surface area contributed by atoms with Gasteiger partial charge in [-0.05, 0) is 34.4 Å². The van der Waals surface area contributed by atoms with E-state index in [2.05, 4.69) is 0 Å². The second-order valence-corrected chi connectivity index (χ2v) is 8.10. The molecular formula is C29H23NO4. The Kier molecular flexibility index (Phi) is 5.52. The van der Waals surface area contributed by atoms with Crippen LogP contribution in [-0.4, -0.2) is 14.8 Å². The van der Waals surface area contributed by atoms with Crippen LogP contribution in [0.2, 0.25) is 0 Å². The number of phenolic OH excluding ortho intramolecular Hbond substituents is 1. The standard InChI is InChI=1S/C29H23NO4/c31-25-18-16-21(17-19-25)20-26-27(32)30(28(33)34-26)29(22-10-4-1-5-11-22,23-12-6-2-7-13-23)24-14-8-3-9-15-24/h1-19,31-32H,20H2. The van der Waals surface area contributed by atoms with E-state index in [0.717, 1.165) is 22.3 Å². The average Bonchev–Trinajstić information content (AvgIpc) is 3.16.